The van der Waals surface area contributed by atoms with Crippen LogP contribution in [0.4, 0.5) is 8.78 Å². The fourth-order valence-electron chi connectivity index (χ4n) is 2.05. The Hall–Kier alpha value is -2.00. The van der Waals surface area contributed by atoms with Crippen LogP contribution < -0.4 is 5.32 Å². The fourth-order valence-corrected chi connectivity index (χ4v) is 2.05. The molecule has 1 atom stereocenters. The number of piperazine rings is 1. The second-order valence-corrected chi connectivity index (χ2v) is 4.35. The summed E-state index contributed by atoms with van der Waals surface area (Å²) in [5.74, 6) is -1.73. The lowest BCUT2D eigenvalue weighted by Gasteiger charge is -2.32. The Kier molecular flexibility index (Phi) is 4.07. The van der Waals surface area contributed by atoms with Crippen LogP contribution in [0.5, 0.6) is 0 Å². The van der Waals surface area contributed by atoms with E-state index in [4.69, 9.17) is 5.26 Å². The summed E-state index contributed by atoms with van der Waals surface area (Å²) >= 11 is 0. The number of hydrogen-bond donors (Lipinski definition) is 1. The Morgan fingerprint density at radius 1 is 1.53 bits per heavy atom. The molecule has 1 aliphatic rings. The molecule has 0 aromatic heterocycles. The number of carbonyl (C=O) groups excluding carboxylic acids is 1. The van der Waals surface area contributed by atoms with Gasteiger partial charge in [-0.15, -0.1) is 0 Å². The molecule has 0 spiro atoms. The summed E-state index contributed by atoms with van der Waals surface area (Å²) in [5, 5.41) is 12.0. The number of nitriles is 1. The van der Waals surface area contributed by atoms with Gasteiger partial charge in [0.1, 0.15) is 17.7 Å². The van der Waals surface area contributed by atoms with Gasteiger partial charge in [-0.3, -0.25) is 4.79 Å². The molecule has 100 valence electrons. The predicted octanol–water partition coefficient (Wildman–Crippen LogP) is 0.831. The molecule has 1 aromatic rings. The summed E-state index contributed by atoms with van der Waals surface area (Å²) < 4.78 is 26.2. The lowest BCUT2D eigenvalue weighted by molar-refractivity contribution is -0.132. The zero-order chi connectivity index (χ0) is 13.8. The number of benzene rings is 1. The molecular weight excluding hydrogens is 252 g/mol. The third-order valence-corrected chi connectivity index (χ3v) is 3.07. The normalized spacial score (nSPS) is 19.0. The molecule has 1 amide bonds. The van der Waals surface area contributed by atoms with Crippen molar-refractivity contribution in [1.82, 2.24) is 10.2 Å². The first-order valence-electron chi connectivity index (χ1n) is 5.95. The van der Waals surface area contributed by atoms with Crippen LogP contribution in [0.25, 0.3) is 0 Å². The number of halogens is 2. The molecule has 1 unspecified atom stereocenters. The van der Waals surface area contributed by atoms with Gasteiger partial charge in [-0.25, -0.2) is 8.78 Å². The summed E-state index contributed by atoms with van der Waals surface area (Å²) in [5.41, 5.74) is 0.140. The van der Waals surface area contributed by atoms with Gasteiger partial charge in [0, 0.05) is 25.7 Å². The zero-order valence-electron chi connectivity index (χ0n) is 10.2. The highest BCUT2D eigenvalue weighted by Gasteiger charge is 2.26. The molecule has 0 bridgehead atoms. The van der Waals surface area contributed by atoms with Gasteiger partial charge in [0.05, 0.1) is 12.5 Å². The number of nitrogens with one attached hydrogen (secondary N) is 1. The van der Waals surface area contributed by atoms with Crippen LogP contribution in [0.2, 0.25) is 0 Å². The van der Waals surface area contributed by atoms with Crippen LogP contribution in [0.3, 0.4) is 0 Å². The number of nitrogens with zero attached hydrogens (tertiary/aromatic N) is 2. The monoisotopic (exact) mass is 265 g/mol. The van der Waals surface area contributed by atoms with E-state index in [9.17, 15) is 13.6 Å². The molecule has 1 saturated heterocycles. The van der Waals surface area contributed by atoms with Crippen LogP contribution in [0, 0.1) is 23.0 Å². The van der Waals surface area contributed by atoms with Crippen LogP contribution in [0.15, 0.2) is 18.2 Å². The molecule has 4 nitrogen and oxygen atoms in total. The molecule has 6 heteroatoms. The summed E-state index contributed by atoms with van der Waals surface area (Å²) in [6.45, 7) is 1.43. The van der Waals surface area contributed by atoms with Crippen molar-refractivity contribution in [2.45, 2.75) is 12.5 Å². The maximum absolute atomic E-state index is 13.5. The maximum atomic E-state index is 13.5. The van der Waals surface area contributed by atoms with Crippen LogP contribution in [-0.2, 0) is 11.2 Å². The Balaban J connectivity index is 2.10. The van der Waals surface area contributed by atoms with E-state index < -0.39 is 17.7 Å². The van der Waals surface area contributed by atoms with Crippen LogP contribution >= 0.6 is 0 Å². The Labute approximate surface area is 109 Å². The quantitative estimate of drug-likeness (QED) is 0.861. The molecule has 1 aromatic carbocycles. The van der Waals surface area contributed by atoms with Gasteiger partial charge >= 0.3 is 0 Å². The number of amides is 1. The number of carbonyl (C=O) groups is 1. The minimum Gasteiger partial charge on any atom is -0.324 e. The van der Waals surface area contributed by atoms with Crippen molar-refractivity contribution in [1.29, 1.82) is 5.26 Å². The van der Waals surface area contributed by atoms with E-state index in [-0.39, 0.29) is 17.9 Å². The lowest BCUT2D eigenvalue weighted by atomic mass is 10.1. The standard InChI is InChI=1S/C13H13F2N3O/c14-10-2-1-9(12(15)6-10)5-13(19)18-4-3-17-8-11(18)7-16/h1-2,6,11,17H,3-5,8H2. The summed E-state index contributed by atoms with van der Waals surface area (Å²) in [7, 11) is 0. The van der Waals surface area contributed by atoms with Crippen molar-refractivity contribution >= 4 is 5.91 Å². The zero-order valence-corrected chi connectivity index (χ0v) is 10.2. The predicted molar refractivity (Wildman–Crippen MR) is 64.0 cm³/mol. The Morgan fingerprint density at radius 3 is 3.00 bits per heavy atom. The van der Waals surface area contributed by atoms with Crippen molar-refractivity contribution in [2.24, 2.45) is 0 Å². The first-order valence-corrected chi connectivity index (χ1v) is 5.95. The van der Waals surface area contributed by atoms with Crippen molar-refractivity contribution in [3.8, 4) is 6.07 Å². The van der Waals surface area contributed by atoms with Gasteiger partial charge in [-0.05, 0) is 11.6 Å². The van der Waals surface area contributed by atoms with E-state index in [0.717, 1.165) is 12.1 Å². The average Bonchev–Trinajstić information content (AvgIpc) is 2.41. The van der Waals surface area contributed by atoms with E-state index in [1.165, 1.54) is 11.0 Å². The second-order valence-electron chi connectivity index (χ2n) is 4.35. The first kappa shape index (κ1) is 13.4. The van der Waals surface area contributed by atoms with Crippen molar-refractivity contribution in [2.75, 3.05) is 19.6 Å². The van der Waals surface area contributed by atoms with Crippen molar-refractivity contribution in [3.05, 3.63) is 35.4 Å². The molecular formula is C13H13F2N3O. The molecule has 0 saturated carbocycles. The Morgan fingerprint density at radius 2 is 2.32 bits per heavy atom. The first-order chi connectivity index (χ1) is 9.11. The van der Waals surface area contributed by atoms with E-state index in [1.54, 1.807) is 0 Å². The van der Waals surface area contributed by atoms with Gasteiger partial charge in [0.25, 0.3) is 0 Å². The van der Waals surface area contributed by atoms with E-state index in [1.807, 2.05) is 6.07 Å². The summed E-state index contributed by atoms with van der Waals surface area (Å²) in [6.07, 6.45) is -0.162. The highest BCUT2D eigenvalue weighted by molar-refractivity contribution is 5.79. The smallest absolute Gasteiger partial charge is 0.228 e. The Bertz CT molecular complexity index is 527. The second kappa shape index (κ2) is 5.76. The number of rotatable bonds is 2. The lowest BCUT2D eigenvalue weighted by Crippen LogP contribution is -2.53. The van der Waals surface area contributed by atoms with E-state index >= 15 is 0 Å². The molecule has 2 rings (SSSR count). The molecule has 1 fully saturated rings. The van der Waals surface area contributed by atoms with Gasteiger partial charge in [0.15, 0.2) is 0 Å². The van der Waals surface area contributed by atoms with E-state index in [0.29, 0.717) is 19.6 Å². The molecule has 1 aliphatic heterocycles. The highest BCUT2D eigenvalue weighted by Crippen LogP contribution is 2.13. The van der Waals surface area contributed by atoms with E-state index in [2.05, 4.69) is 5.32 Å². The fraction of sp³-hybridized carbons (Fsp3) is 0.385. The summed E-state index contributed by atoms with van der Waals surface area (Å²) in [4.78, 5) is 13.5. The van der Waals surface area contributed by atoms with Gasteiger partial charge < -0.3 is 10.2 Å². The van der Waals surface area contributed by atoms with Gasteiger partial charge in [-0.1, -0.05) is 6.07 Å². The molecule has 0 aliphatic carbocycles. The van der Waals surface area contributed by atoms with Crippen LogP contribution in [-0.4, -0.2) is 36.5 Å². The minimum absolute atomic E-state index is 0.140. The van der Waals surface area contributed by atoms with Crippen molar-refractivity contribution in [3.63, 3.8) is 0 Å². The molecule has 1 heterocycles. The molecule has 19 heavy (non-hydrogen) atoms. The van der Waals surface area contributed by atoms with Gasteiger partial charge in [-0.2, -0.15) is 5.26 Å². The number of hydrogen-bond acceptors (Lipinski definition) is 3. The third kappa shape index (κ3) is 3.06. The average molecular weight is 265 g/mol. The third-order valence-electron chi connectivity index (χ3n) is 3.07. The summed E-state index contributed by atoms with van der Waals surface area (Å²) in [6, 6.07) is 4.62. The van der Waals surface area contributed by atoms with Crippen molar-refractivity contribution < 1.29 is 13.6 Å². The largest absolute Gasteiger partial charge is 0.324 e. The SMILES string of the molecule is N#CC1CNCCN1C(=O)Cc1ccc(F)cc1F. The van der Waals surface area contributed by atoms with Gasteiger partial charge in [0.2, 0.25) is 5.91 Å². The highest BCUT2D eigenvalue weighted by atomic mass is 19.1. The maximum Gasteiger partial charge on any atom is 0.228 e. The minimum atomic E-state index is -0.739. The molecule has 0 radical (unpaired) electrons. The van der Waals surface area contributed by atoms with Crippen LogP contribution in [0.1, 0.15) is 5.56 Å². The molecule has 1 N–H and O–H groups in total. The topological polar surface area (TPSA) is 56.1 Å².